The van der Waals surface area contributed by atoms with Gasteiger partial charge in [0.1, 0.15) is 16.8 Å². The van der Waals surface area contributed by atoms with E-state index in [1.807, 2.05) is 13.0 Å². The third-order valence-corrected chi connectivity index (χ3v) is 2.73. The van der Waals surface area contributed by atoms with Crippen LogP contribution < -0.4 is 11.1 Å². The van der Waals surface area contributed by atoms with E-state index in [9.17, 15) is 4.39 Å². The molecule has 19 heavy (non-hydrogen) atoms. The maximum Gasteiger partial charge on any atom is 0.223 e. The zero-order valence-corrected chi connectivity index (χ0v) is 11.2. The van der Waals surface area contributed by atoms with E-state index in [1.54, 1.807) is 12.1 Å². The largest absolute Gasteiger partial charge is 0.368 e. The first-order valence-corrected chi connectivity index (χ1v) is 6.22. The van der Waals surface area contributed by atoms with E-state index in [1.165, 1.54) is 12.1 Å². The summed E-state index contributed by atoms with van der Waals surface area (Å²) in [7, 11) is 0. The fourth-order valence-corrected chi connectivity index (χ4v) is 2.02. The summed E-state index contributed by atoms with van der Waals surface area (Å²) in [5.41, 5.74) is 6.42. The molecule has 1 aromatic heterocycles. The number of nitrogens with two attached hydrogens (primary N) is 1. The van der Waals surface area contributed by atoms with Crippen LogP contribution in [0.5, 0.6) is 0 Å². The van der Waals surface area contributed by atoms with Crippen molar-refractivity contribution in [3.05, 3.63) is 46.9 Å². The Kier molecular flexibility index (Phi) is 4.16. The van der Waals surface area contributed by atoms with Gasteiger partial charge in [0.15, 0.2) is 0 Å². The smallest absolute Gasteiger partial charge is 0.223 e. The van der Waals surface area contributed by atoms with Gasteiger partial charge in [-0.15, -0.1) is 0 Å². The number of nitrogens with one attached hydrogen (secondary N) is 1. The molecule has 0 saturated heterocycles. The number of halogens is 2. The molecule has 0 saturated carbocycles. The Bertz CT molecular complexity index is 556. The average Bonchev–Trinajstić information content (AvgIpc) is 2.26. The minimum absolute atomic E-state index is 0.0622. The second kappa shape index (κ2) is 5.84. The van der Waals surface area contributed by atoms with Crippen LogP contribution in [-0.2, 0) is 6.42 Å². The van der Waals surface area contributed by atoms with Gasteiger partial charge < -0.3 is 11.1 Å². The molecule has 0 radical (unpaired) electrons. The molecule has 100 valence electrons. The predicted octanol–water partition coefficient (Wildman–Crippen LogP) is 2.89. The van der Waals surface area contributed by atoms with Gasteiger partial charge in [0.2, 0.25) is 5.95 Å². The van der Waals surface area contributed by atoms with Crippen molar-refractivity contribution in [3.63, 3.8) is 0 Å². The highest BCUT2D eigenvalue weighted by Gasteiger charge is 2.07. The highest BCUT2D eigenvalue weighted by Crippen LogP contribution is 2.15. The summed E-state index contributed by atoms with van der Waals surface area (Å²) in [5.74, 6) is 0.438. The van der Waals surface area contributed by atoms with E-state index in [0.29, 0.717) is 12.2 Å². The Balaban J connectivity index is 2.03. The molecular weight excluding hydrogens is 267 g/mol. The van der Waals surface area contributed by atoms with Crippen LogP contribution in [0.1, 0.15) is 12.5 Å². The number of nitrogen functional groups attached to an aromatic ring is 1. The van der Waals surface area contributed by atoms with E-state index in [4.69, 9.17) is 17.3 Å². The molecule has 0 fully saturated rings. The molecule has 0 amide bonds. The van der Waals surface area contributed by atoms with Gasteiger partial charge in [-0.1, -0.05) is 23.7 Å². The van der Waals surface area contributed by atoms with Gasteiger partial charge in [0, 0.05) is 12.1 Å². The van der Waals surface area contributed by atoms with Crippen molar-refractivity contribution in [3.8, 4) is 0 Å². The maximum absolute atomic E-state index is 13.1. The molecule has 0 spiro atoms. The lowest BCUT2D eigenvalue weighted by molar-refractivity contribution is 0.624. The third kappa shape index (κ3) is 4.06. The average molecular weight is 281 g/mol. The number of rotatable bonds is 4. The van der Waals surface area contributed by atoms with Gasteiger partial charge in [-0.05, 0) is 31.0 Å². The highest BCUT2D eigenvalue weighted by molar-refractivity contribution is 6.29. The number of hydrogen-bond donors (Lipinski definition) is 2. The fraction of sp³-hybridized carbons (Fsp3) is 0.231. The summed E-state index contributed by atoms with van der Waals surface area (Å²) < 4.78 is 13.1. The van der Waals surface area contributed by atoms with Crippen LogP contribution in [0.4, 0.5) is 16.2 Å². The molecular formula is C13H14ClFN4. The van der Waals surface area contributed by atoms with Crippen LogP contribution in [0.15, 0.2) is 30.3 Å². The number of nitrogens with zero attached hydrogens (tertiary/aromatic N) is 2. The van der Waals surface area contributed by atoms with Gasteiger partial charge in [-0.2, -0.15) is 4.98 Å². The van der Waals surface area contributed by atoms with E-state index in [0.717, 1.165) is 5.56 Å². The normalized spacial score (nSPS) is 12.2. The zero-order valence-electron chi connectivity index (χ0n) is 10.4. The predicted molar refractivity (Wildman–Crippen MR) is 74.6 cm³/mol. The standard InChI is InChI=1S/C13H14ClFN4/c1-8(5-9-3-2-4-10(15)6-9)17-12-7-11(14)18-13(16)19-12/h2-4,6-8H,5H2,1H3,(H3,16,17,18,19). The molecule has 2 aromatic rings. The van der Waals surface area contributed by atoms with E-state index in [2.05, 4.69) is 15.3 Å². The Morgan fingerprint density at radius 1 is 1.37 bits per heavy atom. The van der Waals surface area contributed by atoms with Gasteiger partial charge in [0.05, 0.1) is 0 Å². The molecule has 6 heteroatoms. The molecule has 0 aliphatic carbocycles. The van der Waals surface area contributed by atoms with Crippen molar-refractivity contribution in [2.24, 2.45) is 0 Å². The highest BCUT2D eigenvalue weighted by atomic mass is 35.5. The van der Waals surface area contributed by atoms with Gasteiger partial charge >= 0.3 is 0 Å². The van der Waals surface area contributed by atoms with Crippen molar-refractivity contribution in [1.82, 2.24) is 9.97 Å². The topological polar surface area (TPSA) is 63.8 Å². The van der Waals surface area contributed by atoms with Crippen LogP contribution >= 0.6 is 11.6 Å². The van der Waals surface area contributed by atoms with Crippen molar-refractivity contribution < 1.29 is 4.39 Å². The molecule has 0 bridgehead atoms. The molecule has 1 unspecified atom stereocenters. The molecule has 1 heterocycles. The Morgan fingerprint density at radius 3 is 2.84 bits per heavy atom. The lowest BCUT2D eigenvalue weighted by Crippen LogP contribution is -2.19. The lowest BCUT2D eigenvalue weighted by Gasteiger charge is -2.14. The number of anilines is 2. The van der Waals surface area contributed by atoms with E-state index < -0.39 is 0 Å². The SMILES string of the molecule is CC(Cc1cccc(F)c1)Nc1cc(Cl)nc(N)n1. The van der Waals surface area contributed by atoms with Crippen LogP contribution in [0, 0.1) is 5.82 Å². The monoisotopic (exact) mass is 280 g/mol. The van der Waals surface area contributed by atoms with Crippen molar-refractivity contribution in [2.45, 2.75) is 19.4 Å². The maximum atomic E-state index is 13.1. The molecule has 1 atom stereocenters. The zero-order chi connectivity index (χ0) is 13.8. The first kappa shape index (κ1) is 13.5. The Labute approximate surface area is 115 Å². The number of benzene rings is 1. The van der Waals surface area contributed by atoms with Crippen molar-refractivity contribution in [1.29, 1.82) is 0 Å². The Hall–Kier alpha value is -1.88. The van der Waals surface area contributed by atoms with Crippen molar-refractivity contribution in [2.75, 3.05) is 11.1 Å². The van der Waals surface area contributed by atoms with Gasteiger partial charge in [-0.25, -0.2) is 9.37 Å². The molecule has 1 aromatic carbocycles. The van der Waals surface area contributed by atoms with Gasteiger partial charge in [-0.3, -0.25) is 0 Å². The molecule has 2 rings (SSSR count). The first-order chi connectivity index (χ1) is 9.02. The summed E-state index contributed by atoms with van der Waals surface area (Å²) in [6.45, 7) is 1.97. The summed E-state index contributed by atoms with van der Waals surface area (Å²) in [6.07, 6.45) is 0.666. The summed E-state index contributed by atoms with van der Waals surface area (Å²) in [4.78, 5) is 7.81. The molecule has 0 aliphatic rings. The first-order valence-electron chi connectivity index (χ1n) is 5.84. The minimum atomic E-state index is -0.237. The molecule has 0 aliphatic heterocycles. The fourth-order valence-electron chi connectivity index (χ4n) is 1.83. The van der Waals surface area contributed by atoms with Crippen LogP contribution in [0.3, 0.4) is 0 Å². The molecule has 4 nitrogen and oxygen atoms in total. The quantitative estimate of drug-likeness (QED) is 0.845. The molecule has 3 N–H and O–H groups in total. The van der Waals surface area contributed by atoms with Crippen molar-refractivity contribution >= 4 is 23.4 Å². The van der Waals surface area contributed by atoms with Crippen LogP contribution in [0.2, 0.25) is 5.15 Å². The van der Waals surface area contributed by atoms with Gasteiger partial charge in [0.25, 0.3) is 0 Å². The summed E-state index contributed by atoms with van der Waals surface area (Å²) in [5, 5.41) is 3.44. The second-order valence-corrected chi connectivity index (χ2v) is 4.70. The second-order valence-electron chi connectivity index (χ2n) is 4.31. The minimum Gasteiger partial charge on any atom is -0.368 e. The number of hydrogen-bond acceptors (Lipinski definition) is 4. The van der Waals surface area contributed by atoms with E-state index >= 15 is 0 Å². The summed E-state index contributed by atoms with van der Waals surface area (Å²) in [6, 6.07) is 8.16. The van der Waals surface area contributed by atoms with Crippen LogP contribution in [-0.4, -0.2) is 16.0 Å². The van der Waals surface area contributed by atoms with E-state index in [-0.39, 0.29) is 23.0 Å². The number of aromatic nitrogens is 2. The Morgan fingerprint density at radius 2 is 2.16 bits per heavy atom. The third-order valence-electron chi connectivity index (χ3n) is 2.54. The van der Waals surface area contributed by atoms with Crippen LogP contribution in [0.25, 0.3) is 0 Å². The summed E-state index contributed by atoms with van der Waals surface area (Å²) >= 11 is 5.79. The lowest BCUT2D eigenvalue weighted by atomic mass is 10.1.